The zero-order valence-corrected chi connectivity index (χ0v) is 14.3. The molecule has 134 valence electrons. The zero-order valence-electron chi connectivity index (χ0n) is 14.3. The average molecular weight is 353 g/mol. The Kier molecular flexibility index (Phi) is 3.62. The van der Waals surface area contributed by atoms with Crippen LogP contribution in [0.3, 0.4) is 0 Å². The summed E-state index contributed by atoms with van der Waals surface area (Å²) in [4.78, 5) is 12.5. The van der Waals surface area contributed by atoms with E-state index in [9.17, 15) is 9.18 Å². The molecule has 1 heterocycles. The molecule has 0 aromatic heterocycles. The van der Waals surface area contributed by atoms with Gasteiger partial charge in [0.05, 0.1) is 12.5 Å². The SMILES string of the molecule is O=C(NCc1ccccc1OCC1CC1)C1C2Oc3ccc(F)cc3C21. The fraction of sp³-hybridized carbons (Fsp3) is 0.381. The monoisotopic (exact) mass is 353 g/mol. The largest absolute Gasteiger partial charge is 0.493 e. The molecule has 26 heavy (non-hydrogen) atoms. The highest BCUT2D eigenvalue weighted by Gasteiger charge is 2.62. The lowest BCUT2D eigenvalue weighted by atomic mass is 10.1. The van der Waals surface area contributed by atoms with Gasteiger partial charge in [0, 0.05) is 23.6 Å². The Morgan fingerprint density at radius 2 is 2.08 bits per heavy atom. The third-order valence-corrected chi connectivity index (χ3v) is 5.45. The molecule has 2 fully saturated rings. The van der Waals surface area contributed by atoms with Crippen molar-refractivity contribution < 1.29 is 18.7 Å². The van der Waals surface area contributed by atoms with Gasteiger partial charge < -0.3 is 14.8 Å². The summed E-state index contributed by atoms with van der Waals surface area (Å²) >= 11 is 0. The predicted molar refractivity (Wildman–Crippen MR) is 93.6 cm³/mol. The van der Waals surface area contributed by atoms with Gasteiger partial charge in [-0.2, -0.15) is 0 Å². The maximum Gasteiger partial charge on any atom is 0.227 e. The van der Waals surface area contributed by atoms with Gasteiger partial charge in [-0.15, -0.1) is 0 Å². The number of benzene rings is 2. The number of halogens is 1. The minimum atomic E-state index is -0.291. The summed E-state index contributed by atoms with van der Waals surface area (Å²) in [6.07, 6.45) is 2.32. The van der Waals surface area contributed by atoms with Crippen LogP contribution < -0.4 is 14.8 Å². The summed E-state index contributed by atoms with van der Waals surface area (Å²) < 4.78 is 25.1. The summed E-state index contributed by atoms with van der Waals surface area (Å²) in [7, 11) is 0. The van der Waals surface area contributed by atoms with Crippen molar-refractivity contribution in [3.63, 3.8) is 0 Å². The van der Waals surface area contributed by atoms with Crippen molar-refractivity contribution in [2.24, 2.45) is 11.8 Å². The van der Waals surface area contributed by atoms with Crippen LogP contribution in [0.2, 0.25) is 0 Å². The molecular formula is C21H20FNO3. The molecule has 0 spiro atoms. The van der Waals surface area contributed by atoms with Crippen molar-refractivity contribution in [2.45, 2.75) is 31.4 Å². The van der Waals surface area contributed by atoms with E-state index in [1.165, 1.54) is 25.0 Å². The maximum atomic E-state index is 13.5. The Hall–Kier alpha value is -2.56. The first kappa shape index (κ1) is 15.7. The molecule has 2 saturated carbocycles. The molecule has 0 bridgehead atoms. The predicted octanol–water partition coefficient (Wildman–Crippen LogP) is 3.41. The van der Waals surface area contributed by atoms with Gasteiger partial charge in [0.1, 0.15) is 23.4 Å². The van der Waals surface area contributed by atoms with E-state index in [1.54, 1.807) is 6.07 Å². The molecule has 1 amide bonds. The van der Waals surface area contributed by atoms with Gasteiger partial charge >= 0.3 is 0 Å². The third-order valence-electron chi connectivity index (χ3n) is 5.45. The summed E-state index contributed by atoms with van der Waals surface area (Å²) in [5.74, 6) is 1.61. The normalized spacial score (nSPS) is 25.0. The fourth-order valence-electron chi connectivity index (χ4n) is 3.73. The molecule has 1 N–H and O–H groups in total. The fourth-order valence-corrected chi connectivity index (χ4v) is 3.73. The molecule has 0 saturated heterocycles. The van der Waals surface area contributed by atoms with Gasteiger partial charge in [0.25, 0.3) is 0 Å². The Balaban J connectivity index is 1.21. The topological polar surface area (TPSA) is 47.6 Å². The van der Waals surface area contributed by atoms with Crippen LogP contribution in [-0.4, -0.2) is 18.6 Å². The Morgan fingerprint density at radius 3 is 2.92 bits per heavy atom. The molecule has 2 aliphatic carbocycles. The number of nitrogens with one attached hydrogen (secondary N) is 1. The van der Waals surface area contributed by atoms with Gasteiger partial charge in [-0.1, -0.05) is 18.2 Å². The Labute approximate surface area is 151 Å². The minimum Gasteiger partial charge on any atom is -0.493 e. The van der Waals surface area contributed by atoms with Crippen LogP contribution >= 0.6 is 0 Å². The average Bonchev–Trinajstić information content (AvgIpc) is 3.56. The molecule has 3 atom stereocenters. The molecular weight excluding hydrogens is 333 g/mol. The summed E-state index contributed by atoms with van der Waals surface area (Å²) in [5, 5.41) is 2.99. The van der Waals surface area contributed by atoms with Gasteiger partial charge in [-0.25, -0.2) is 4.39 Å². The van der Waals surface area contributed by atoms with E-state index in [4.69, 9.17) is 9.47 Å². The van der Waals surface area contributed by atoms with Gasteiger partial charge in [0.15, 0.2) is 0 Å². The van der Waals surface area contributed by atoms with Crippen LogP contribution in [0.1, 0.15) is 29.9 Å². The van der Waals surface area contributed by atoms with E-state index >= 15 is 0 Å². The van der Waals surface area contributed by atoms with Crippen LogP contribution in [0.5, 0.6) is 11.5 Å². The lowest BCUT2D eigenvalue weighted by Crippen LogP contribution is -2.27. The first-order chi connectivity index (χ1) is 12.7. The van der Waals surface area contributed by atoms with Crippen molar-refractivity contribution >= 4 is 5.91 Å². The molecule has 2 aromatic rings. The number of carbonyl (C=O) groups excluding carboxylic acids is 1. The zero-order chi connectivity index (χ0) is 17.7. The third kappa shape index (κ3) is 2.81. The second-order valence-electron chi connectivity index (χ2n) is 7.40. The highest BCUT2D eigenvalue weighted by molar-refractivity contribution is 5.85. The van der Waals surface area contributed by atoms with Gasteiger partial charge in [0.2, 0.25) is 5.91 Å². The van der Waals surface area contributed by atoms with Crippen LogP contribution in [0.25, 0.3) is 0 Å². The van der Waals surface area contributed by atoms with Crippen LogP contribution in [0.4, 0.5) is 4.39 Å². The van der Waals surface area contributed by atoms with E-state index in [0.717, 1.165) is 23.5 Å². The quantitative estimate of drug-likeness (QED) is 0.866. The number of hydrogen-bond donors (Lipinski definition) is 1. The van der Waals surface area contributed by atoms with Crippen molar-refractivity contribution in [3.05, 3.63) is 59.4 Å². The van der Waals surface area contributed by atoms with Crippen molar-refractivity contribution in [2.75, 3.05) is 6.61 Å². The van der Waals surface area contributed by atoms with E-state index < -0.39 is 0 Å². The lowest BCUT2D eigenvalue weighted by Gasteiger charge is -2.13. The highest BCUT2D eigenvalue weighted by atomic mass is 19.1. The number of carbonyl (C=O) groups is 1. The van der Waals surface area contributed by atoms with E-state index in [-0.39, 0.29) is 29.7 Å². The molecule has 0 radical (unpaired) electrons. The van der Waals surface area contributed by atoms with E-state index in [0.29, 0.717) is 18.2 Å². The van der Waals surface area contributed by atoms with Crippen molar-refractivity contribution in [3.8, 4) is 11.5 Å². The first-order valence-electron chi connectivity index (χ1n) is 9.15. The van der Waals surface area contributed by atoms with Crippen molar-refractivity contribution in [1.29, 1.82) is 0 Å². The molecule has 5 rings (SSSR count). The molecule has 1 aliphatic heterocycles. The molecule has 5 heteroatoms. The summed E-state index contributed by atoms with van der Waals surface area (Å²) in [5.41, 5.74) is 1.78. The second-order valence-corrected chi connectivity index (χ2v) is 7.40. The first-order valence-corrected chi connectivity index (χ1v) is 9.15. The van der Waals surface area contributed by atoms with Crippen LogP contribution in [0.15, 0.2) is 42.5 Å². The lowest BCUT2D eigenvalue weighted by molar-refractivity contribution is -0.123. The Bertz CT molecular complexity index is 864. The van der Waals surface area contributed by atoms with E-state index in [1.807, 2.05) is 24.3 Å². The van der Waals surface area contributed by atoms with E-state index in [2.05, 4.69) is 5.32 Å². The van der Waals surface area contributed by atoms with Gasteiger partial charge in [-0.05, 0) is 43.0 Å². The number of para-hydroxylation sites is 1. The minimum absolute atomic E-state index is 0.0259. The molecule has 3 unspecified atom stereocenters. The van der Waals surface area contributed by atoms with Crippen LogP contribution in [-0.2, 0) is 11.3 Å². The number of amides is 1. The number of fused-ring (bicyclic) bond motifs is 3. The van der Waals surface area contributed by atoms with Gasteiger partial charge in [-0.3, -0.25) is 4.79 Å². The van der Waals surface area contributed by atoms with Crippen molar-refractivity contribution in [1.82, 2.24) is 5.32 Å². The maximum absolute atomic E-state index is 13.5. The molecule has 3 aliphatic rings. The summed E-state index contributed by atoms with van der Waals surface area (Å²) in [6, 6.07) is 12.3. The molecule has 4 nitrogen and oxygen atoms in total. The smallest absolute Gasteiger partial charge is 0.227 e. The molecule has 2 aromatic carbocycles. The number of hydrogen-bond acceptors (Lipinski definition) is 3. The Morgan fingerprint density at radius 1 is 1.23 bits per heavy atom. The highest BCUT2D eigenvalue weighted by Crippen LogP contribution is 2.58. The summed E-state index contributed by atoms with van der Waals surface area (Å²) in [6.45, 7) is 1.17. The standard InChI is InChI=1S/C21H20FNO3/c22-14-7-8-17-15(9-14)18-19(20(18)26-17)21(24)23-10-13-3-1-2-4-16(13)25-11-12-5-6-12/h1-4,7-9,12,18-20H,5-6,10-11H2,(H,23,24). The number of ether oxygens (including phenoxy) is 2. The number of rotatable bonds is 6. The van der Waals surface area contributed by atoms with Crippen LogP contribution in [0, 0.1) is 17.7 Å². The second kappa shape index (κ2) is 6.01.